The van der Waals surface area contributed by atoms with Crippen LogP contribution in [-0.2, 0) is 0 Å². The predicted octanol–water partition coefficient (Wildman–Crippen LogP) is 3.09. The summed E-state index contributed by atoms with van der Waals surface area (Å²) in [4.78, 5) is 15.5. The third-order valence-corrected chi connectivity index (χ3v) is 6.55. The molecule has 1 aromatic carbocycles. The molecule has 2 heterocycles. The lowest BCUT2D eigenvalue weighted by Crippen LogP contribution is -2.34. The molecule has 0 bridgehead atoms. The number of halogens is 1. The number of fused-ring (bicyclic) bond motifs is 1. The lowest BCUT2D eigenvalue weighted by atomic mass is 9.98. The Kier molecular flexibility index (Phi) is 4.67. The zero-order chi connectivity index (χ0) is 17.4. The first-order valence-corrected chi connectivity index (χ1v) is 9.62. The number of nitrogens with zero attached hydrogens (tertiary/aromatic N) is 3. The molecule has 2 aliphatic rings. The van der Waals surface area contributed by atoms with Gasteiger partial charge in [0, 0.05) is 24.0 Å². The van der Waals surface area contributed by atoms with Gasteiger partial charge in [-0.25, -0.2) is 0 Å². The van der Waals surface area contributed by atoms with Crippen molar-refractivity contribution in [1.82, 2.24) is 15.1 Å². The number of rotatable bonds is 3. The normalized spacial score (nSPS) is 25.2. The fourth-order valence-corrected chi connectivity index (χ4v) is 4.77. The summed E-state index contributed by atoms with van der Waals surface area (Å²) in [6.07, 6.45) is 2.19. The van der Waals surface area contributed by atoms with Crippen molar-refractivity contribution < 1.29 is 4.79 Å². The number of amides is 1. The fourth-order valence-electron chi connectivity index (χ4n) is 3.76. The topological polar surface area (TPSA) is 72.1 Å². The Morgan fingerprint density at radius 2 is 2.00 bits per heavy atom. The van der Waals surface area contributed by atoms with E-state index in [9.17, 15) is 4.79 Å². The van der Waals surface area contributed by atoms with Crippen molar-refractivity contribution >= 4 is 29.3 Å². The van der Waals surface area contributed by atoms with Crippen LogP contribution in [0, 0.1) is 11.8 Å². The van der Waals surface area contributed by atoms with Gasteiger partial charge in [0.1, 0.15) is 5.03 Å². The highest BCUT2D eigenvalue weighted by Gasteiger charge is 2.42. The second-order valence-corrected chi connectivity index (χ2v) is 8.13. The van der Waals surface area contributed by atoms with Gasteiger partial charge in [-0.3, -0.25) is 4.79 Å². The molecule has 1 aliphatic heterocycles. The lowest BCUT2D eigenvalue weighted by Gasteiger charge is -2.18. The van der Waals surface area contributed by atoms with E-state index in [0.29, 0.717) is 27.6 Å². The van der Waals surface area contributed by atoms with Crippen LogP contribution in [0.2, 0.25) is 5.02 Å². The van der Waals surface area contributed by atoms with Crippen LogP contribution < -0.4 is 5.73 Å². The molecule has 2 aromatic rings. The van der Waals surface area contributed by atoms with E-state index in [-0.39, 0.29) is 11.9 Å². The monoisotopic (exact) mass is 374 g/mol. The Bertz CT molecular complexity index is 785. The van der Waals surface area contributed by atoms with Gasteiger partial charge >= 0.3 is 0 Å². The van der Waals surface area contributed by atoms with Crippen LogP contribution in [0.25, 0.3) is 0 Å². The largest absolute Gasteiger partial charge is 0.337 e. The van der Waals surface area contributed by atoms with Crippen molar-refractivity contribution in [2.24, 2.45) is 17.6 Å². The molecule has 130 valence electrons. The van der Waals surface area contributed by atoms with E-state index in [1.54, 1.807) is 6.07 Å². The summed E-state index contributed by atoms with van der Waals surface area (Å²) in [6.45, 7) is 1.53. The van der Waals surface area contributed by atoms with Gasteiger partial charge in [0.2, 0.25) is 0 Å². The number of benzene rings is 1. The maximum absolute atomic E-state index is 12.7. The molecule has 4 rings (SSSR count). The molecule has 1 aromatic heterocycles. The highest BCUT2D eigenvalue weighted by Crippen LogP contribution is 2.37. The van der Waals surface area contributed by atoms with Crippen LogP contribution >= 0.6 is 23.4 Å². The molecule has 1 saturated carbocycles. The van der Waals surface area contributed by atoms with Crippen molar-refractivity contribution in [3.63, 3.8) is 0 Å². The van der Waals surface area contributed by atoms with Crippen LogP contribution in [0.1, 0.15) is 23.3 Å². The van der Waals surface area contributed by atoms with E-state index in [0.717, 1.165) is 30.8 Å². The summed E-state index contributed by atoms with van der Waals surface area (Å²) in [5.74, 6) is 0.928. The number of aromatic nitrogens is 2. The molecule has 0 spiro atoms. The molecule has 5 nitrogen and oxygen atoms in total. The minimum Gasteiger partial charge on any atom is -0.337 e. The van der Waals surface area contributed by atoms with E-state index in [4.69, 9.17) is 17.3 Å². The SMILES string of the molecule is NC1CCC2CN(C(=O)c3ccc(Sc4ccccc4Cl)nn3)CC12. The quantitative estimate of drug-likeness (QED) is 0.893. The smallest absolute Gasteiger partial charge is 0.274 e. The molecule has 1 saturated heterocycles. The lowest BCUT2D eigenvalue weighted by molar-refractivity contribution is 0.0772. The van der Waals surface area contributed by atoms with E-state index in [1.165, 1.54) is 11.8 Å². The summed E-state index contributed by atoms with van der Waals surface area (Å²) in [6, 6.07) is 11.4. The maximum atomic E-state index is 12.7. The summed E-state index contributed by atoms with van der Waals surface area (Å²) in [5, 5.41) is 9.69. The molecule has 0 radical (unpaired) electrons. The van der Waals surface area contributed by atoms with E-state index in [2.05, 4.69) is 10.2 Å². The maximum Gasteiger partial charge on any atom is 0.274 e. The van der Waals surface area contributed by atoms with Crippen LogP contribution in [0.15, 0.2) is 46.3 Å². The van der Waals surface area contributed by atoms with Crippen LogP contribution in [0.3, 0.4) is 0 Å². The second-order valence-electron chi connectivity index (χ2n) is 6.66. The van der Waals surface area contributed by atoms with Gasteiger partial charge in [0.15, 0.2) is 5.69 Å². The highest BCUT2D eigenvalue weighted by atomic mass is 35.5. The van der Waals surface area contributed by atoms with Gasteiger partial charge in [-0.2, -0.15) is 0 Å². The van der Waals surface area contributed by atoms with Crippen molar-refractivity contribution in [3.05, 3.63) is 47.1 Å². The van der Waals surface area contributed by atoms with Gasteiger partial charge in [-0.05, 0) is 48.9 Å². The van der Waals surface area contributed by atoms with Gasteiger partial charge in [-0.1, -0.05) is 35.5 Å². The Balaban J connectivity index is 1.44. The molecular formula is C18H19ClN4OS. The molecule has 2 fully saturated rings. The minimum atomic E-state index is -0.0524. The predicted molar refractivity (Wildman–Crippen MR) is 97.7 cm³/mol. The molecule has 7 heteroatoms. The average molecular weight is 375 g/mol. The number of likely N-dealkylation sites (tertiary alicyclic amines) is 1. The first kappa shape index (κ1) is 16.8. The highest BCUT2D eigenvalue weighted by molar-refractivity contribution is 7.99. The zero-order valence-electron chi connectivity index (χ0n) is 13.6. The van der Waals surface area contributed by atoms with Gasteiger partial charge in [-0.15, -0.1) is 10.2 Å². The van der Waals surface area contributed by atoms with Crippen molar-refractivity contribution in [1.29, 1.82) is 0 Å². The number of carbonyl (C=O) groups excluding carboxylic acids is 1. The van der Waals surface area contributed by atoms with Crippen LogP contribution in [-0.4, -0.2) is 40.1 Å². The van der Waals surface area contributed by atoms with E-state index < -0.39 is 0 Å². The number of hydrogen-bond acceptors (Lipinski definition) is 5. The average Bonchev–Trinajstić information content (AvgIpc) is 3.19. The van der Waals surface area contributed by atoms with E-state index >= 15 is 0 Å². The molecule has 1 aliphatic carbocycles. The van der Waals surface area contributed by atoms with Crippen LogP contribution in [0.4, 0.5) is 0 Å². The molecule has 25 heavy (non-hydrogen) atoms. The Morgan fingerprint density at radius 3 is 2.72 bits per heavy atom. The first-order valence-electron chi connectivity index (χ1n) is 8.43. The Morgan fingerprint density at radius 1 is 1.16 bits per heavy atom. The summed E-state index contributed by atoms with van der Waals surface area (Å²) in [5.41, 5.74) is 6.53. The number of nitrogens with two attached hydrogens (primary N) is 1. The summed E-state index contributed by atoms with van der Waals surface area (Å²) < 4.78 is 0. The van der Waals surface area contributed by atoms with Crippen molar-refractivity contribution in [2.75, 3.05) is 13.1 Å². The molecule has 1 amide bonds. The molecule has 3 unspecified atom stereocenters. The second kappa shape index (κ2) is 6.94. The van der Waals surface area contributed by atoms with Crippen LogP contribution in [0.5, 0.6) is 0 Å². The molecule has 2 N–H and O–H groups in total. The third-order valence-electron chi connectivity index (χ3n) is 5.11. The number of carbonyl (C=O) groups is 1. The number of hydrogen-bond donors (Lipinski definition) is 1. The summed E-state index contributed by atoms with van der Waals surface area (Å²) >= 11 is 7.59. The van der Waals surface area contributed by atoms with E-state index in [1.807, 2.05) is 35.2 Å². The van der Waals surface area contributed by atoms with Gasteiger partial charge in [0.05, 0.1) is 5.02 Å². The molecule has 3 atom stereocenters. The Hall–Kier alpha value is -1.63. The zero-order valence-corrected chi connectivity index (χ0v) is 15.2. The van der Waals surface area contributed by atoms with Gasteiger partial charge in [0.25, 0.3) is 5.91 Å². The Labute approximate surface area is 155 Å². The minimum absolute atomic E-state index is 0.0524. The standard InChI is InChI=1S/C18H19ClN4OS/c19-13-3-1-2-4-16(13)25-17-8-7-15(21-22-17)18(24)23-9-11-5-6-14(20)12(11)10-23/h1-4,7-8,11-12,14H,5-6,9-10,20H2. The van der Waals surface area contributed by atoms with Gasteiger partial charge < -0.3 is 10.6 Å². The van der Waals surface area contributed by atoms with Crippen molar-refractivity contribution in [2.45, 2.75) is 28.8 Å². The molecular weight excluding hydrogens is 356 g/mol. The third kappa shape index (κ3) is 3.38. The fraction of sp³-hybridized carbons (Fsp3) is 0.389. The van der Waals surface area contributed by atoms with Crippen molar-refractivity contribution in [3.8, 4) is 0 Å². The summed E-state index contributed by atoms with van der Waals surface area (Å²) in [7, 11) is 0. The first-order chi connectivity index (χ1) is 12.1.